The van der Waals surface area contributed by atoms with Crippen LogP contribution < -0.4 is 5.32 Å². The minimum absolute atomic E-state index is 0.0674. The van der Waals surface area contributed by atoms with Gasteiger partial charge in [0.15, 0.2) is 0 Å². The fourth-order valence-electron chi connectivity index (χ4n) is 3.26. The van der Waals surface area contributed by atoms with Crippen LogP contribution in [-0.4, -0.2) is 30.9 Å². The van der Waals surface area contributed by atoms with Crippen molar-refractivity contribution in [3.8, 4) is 0 Å². The van der Waals surface area contributed by atoms with Crippen molar-refractivity contribution in [2.45, 2.75) is 51.5 Å². The lowest BCUT2D eigenvalue weighted by Gasteiger charge is -2.30. The molecule has 1 N–H and O–H groups in total. The highest BCUT2D eigenvalue weighted by Gasteiger charge is 2.22. The molecular formula is C18H28N2O. The maximum absolute atomic E-state index is 12.2. The Kier molecular flexibility index (Phi) is 5.66. The molecule has 21 heavy (non-hydrogen) atoms. The van der Waals surface area contributed by atoms with Gasteiger partial charge in [-0.1, -0.05) is 31.9 Å². The van der Waals surface area contributed by atoms with E-state index in [9.17, 15) is 4.79 Å². The van der Waals surface area contributed by atoms with Crippen molar-refractivity contribution >= 4 is 11.6 Å². The molecule has 0 unspecified atom stereocenters. The van der Waals surface area contributed by atoms with Gasteiger partial charge in [-0.05, 0) is 43.7 Å². The Morgan fingerprint density at radius 2 is 1.86 bits per heavy atom. The molecule has 1 amide bonds. The van der Waals surface area contributed by atoms with E-state index >= 15 is 0 Å². The van der Waals surface area contributed by atoms with Crippen LogP contribution in [-0.2, 0) is 0 Å². The molecule has 3 heteroatoms. The van der Waals surface area contributed by atoms with Gasteiger partial charge in [-0.2, -0.15) is 0 Å². The molecule has 0 heterocycles. The molecule has 2 rings (SSSR count). The second-order valence-corrected chi connectivity index (χ2v) is 6.40. The van der Waals surface area contributed by atoms with Gasteiger partial charge in [-0.15, -0.1) is 0 Å². The average Bonchev–Trinajstić information content (AvgIpc) is 2.49. The van der Waals surface area contributed by atoms with Crippen molar-refractivity contribution in [3.63, 3.8) is 0 Å². The fourth-order valence-corrected chi connectivity index (χ4v) is 3.26. The van der Waals surface area contributed by atoms with E-state index in [1.807, 2.05) is 24.3 Å². The molecule has 1 aromatic carbocycles. The highest BCUT2D eigenvalue weighted by Crippen LogP contribution is 2.30. The van der Waals surface area contributed by atoms with Gasteiger partial charge in [-0.25, -0.2) is 0 Å². The van der Waals surface area contributed by atoms with E-state index in [1.165, 1.54) is 38.5 Å². The Morgan fingerprint density at radius 3 is 2.48 bits per heavy atom. The van der Waals surface area contributed by atoms with Crippen molar-refractivity contribution in [1.29, 1.82) is 0 Å². The van der Waals surface area contributed by atoms with Gasteiger partial charge in [0, 0.05) is 25.8 Å². The van der Waals surface area contributed by atoms with Crippen LogP contribution in [0.2, 0.25) is 0 Å². The summed E-state index contributed by atoms with van der Waals surface area (Å²) in [6.45, 7) is 2.27. The van der Waals surface area contributed by atoms with Gasteiger partial charge >= 0.3 is 0 Å². The van der Waals surface area contributed by atoms with Crippen molar-refractivity contribution in [2.24, 2.45) is 5.92 Å². The van der Waals surface area contributed by atoms with Crippen LogP contribution in [0.3, 0.4) is 0 Å². The second-order valence-electron chi connectivity index (χ2n) is 6.40. The Labute approximate surface area is 128 Å². The van der Waals surface area contributed by atoms with Crippen LogP contribution in [0.4, 0.5) is 5.69 Å². The van der Waals surface area contributed by atoms with Crippen molar-refractivity contribution in [3.05, 3.63) is 29.8 Å². The monoisotopic (exact) mass is 288 g/mol. The zero-order valence-electron chi connectivity index (χ0n) is 13.6. The summed E-state index contributed by atoms with van der Waals surface area (Å²) in [4.78, 5) is 13.9. The Bertz CT molecular complexity index is 462. The lowest BCUT2D eigenvalue weighted by molar-refractivity contribution is 0.0828. The normalized spacial score (nSPS) is 21.9. The van der Waals surface area contributed by atoms with E-state index < -0.39 is 0 Å². The molecule has 0 saturated heterocycles. The number of hydrogen-bond donors (Lipinski definition) is 1. The number of benzene rings is 1. The van der Waals surface area contributed by atoms with Crippen LogP contribution >= 0.6 is 0 Å². The molecule has 1 saturated carbocycles. The van der Waals surface area contributed by atoms with E-state index in [0.717, 1.165) is 17.2 Å². The van der Waals surface area contributed by atoms with E-state index in [-0.39, 0.29) is 5.91 Å². The zero-order valence-corrected chi connectivity index (χ0v) is 13.6. The second kappa shape index (κ2) is 7.48. The number of para-hydroxylation sites is 1. The first-order valence-corrected chi connectivity index (χ1v) is 8.19. The zero-order chi connectivity index (χ0) is 15.2. The highest BCUT2D eigenvalue weighted by molar-refractivity contribution is 5.99. The summed E-state index contributed by atoms with van der Waals surface area (Å²) in [5.41, 5.74) is 1.76. The van der Waals surface area contributed by atoms with Crippen LogP contribution in [0, 0.1) is 5.92 Å². The molecule has 1 aromatic rings. The number of hydrogen-bond acceptors (Lipinski definition) is 2. The van der Waals surface area contributed by atoms with Crippen LogP contribution in [0.1, 0.15) is 55.8 Å². The third kappa shape index (κ3) is 4.23. The van der Waals surface area contributed by atoms with Crippen molar-refractivity contribution in [1.82, 2.24) is 4.90 Å². The number of nitrogens with one attached hydrogen (secondary N) is 1. The molecule has 0 radical (unpaired) electrons. The van der Waals surface area contributed by atoms with E-state index in [1.54, 1.807) is 19.0 Å². The van der Waals surface area contributed by atoms with Crippen LogP contribution in [0.5, 0.6) is 0 Å². The Balaban J connectivity index is 1.99. The minimum Gasteiger partial charge on any atom is -0.382 e. The summed E-state index contributed by atoms with van der Waals surface area (Å²) >= 11 is 0. The molecule has 1 fully saturated rings. The lowest BCUT2D eigenvalue weighted by Crippen LogP contribution is -2.28. The Morgan fingerprint density at radius 1 is 1.19 bits per heavy atom. The number of amides is 1. The molecule has 0 atom stereocenters. The molecule has 0 spiro atoms. The van der Waals surface area contributed by atoms with E-state index in [2.05, 4.69) is 12.2 Å². The Hall–Kier alpha value is -1.51. The molecule has 1 aliphatic carbocycles. The third-order valence-electron chi connectivity index (χ3n) is 4.47. The standard InChI is InChI=1S/C18H28N2O/c1-4-7-14-10-12-15(13-11-14)19-17-9-6-5-8-16(17)18(21)20(2)3/h5-6,8-9,14-15,19H,4,7,10-13H2,1-3H3. The maximum atomic E-state index is 12.2. The number of anilines is 1. The van der Waals surface area contributed by atoms with Gasteiger partial charge in [0.1, 0.15) is 0 Å². The number of nitrogens with zero attached hydrogens (tertiary/aromatic N) is 1. The van der Waals surface area contributed by atoms with Gasteiger partial charge in [0.25, 0.3) is 5.91 Å². The summed E-state index contributed by atoms with van der Waals surface area (Å²) < 4.78 is 0. The highest BCUT2D eigenvalue weighted by atomic mass is 16.2. The third-order valence-corrected chi connectivity index (χ3v) is 4.47. The first kappa shape index (κ1) is 15.9. The van der Waals surface area contributed by atoms with Gasteiger partial charge < -0.3 is 10.2 Å². The molecule has 116 valence electrons. The predicted molar refractivity (Wildman–Crippen MR) is 88.7 cm³/mol. The average molecular weight is 288 g/mol. The minimum atomic E-state index is 0.0674. The van der Waals surface area contributed by atoms with Gasteiger partial charge in [-0.3, -0.25) is 4.79 Å². The van der Waals surface area contributed by atoms with Crippen molar-refractivity contribution < 1.29 is 4.79 Å². The summed E-state index contributed by atoms with van der Waals surface area (Å²) in [7, 11) is 3.60. The van der Waals surface area contributed by atoms with Gasteiger partial charge in [0.2, 0.25) is 0 Å². The number of carbonyl (C=O) groups excluding carboxylic acids is 1. The maximum Gasteiger partial charge on any atom is 0.255 e. The molecule has 3 nitrogen and oxygen atoms in total. The van der Waals surface area contributed by atoms with Crippen molar-refractivity contribution in [2.75, 3.05) is 19.4 Å². The fraction of sp³-hybridized carbons (Fsp3) is 0.611. The molecule has 1 aliphatic rings. The molecule has 0 aliphatic heterocycles. The quantitative estimate of drug-likeness (QED) is 0.882. The smallest absolute Gasteiger partial charge is 0.255 e. The molecule has 0 aromatic heterocycles. The summed E-state index contributed by atoms with van der Waals surface area (Å²) in [6.07, 6.45) is 7.72. The predicted octanol–water partition coefficient (Wildman–Crippen LogP) is 4.16. The van der Waals surface area contributed by atoms with Gasteiger partial charge in [0.05, 0.1) is 5.56 Å². The largest absolute Gasteiger partial charge is 0.382 e. The number of carbonyl (C=O) groups is 1. The number of rotatable bonds is 5. The van der Waals surface area contributed by atoms with E-state index in [0.29, 0.717) is 6.04 Å². The van der Waals surface area contributed by atoms with Crippen LogP contribution in [0.15, 0.2) is 24.3 Å². The van der Waals surface area contributed by atoms with Crippen LogP contribution in [0.25, 0.3) is 0 Å². The SMILES string of the molecule is CCCC1CCC(Nc2ccccc2C(=O)N(C)C)CC1. The van der Waals surface area contributed by atoms with E-state index in [4.69, 9.17) is 0 Å². The topological polar surface area (TPSA) is 32.3 Å². The molecule has 0 bridgehead atoms. The first-order chi connectivity index (χ1) is 10.1. The summed E-state index contributed by atoms with van der Waals surface area (Å²) in [5.74, 6) is 0.976. The molecular weight excluding hydrogens is 260 g/mol. The lowest BCUT2D eigenvalue weighted by atomic mass is 9.83. The summed E-state index contributed by atoms with van der Waals surface area (Å²) in [6, 6.07) is 8.37. The summed E-state index contributed by atoms with van der Waals surface area (Å²) in [5, 5.41) is 3.60. The first-order valence-electron chi connectivity index (χ1n) is 8.19.